The molecule has 10 atom stereocenters. The van der Waals surface area contributed by atoms with Crippen molar-refractivity contribution < 1.29 is 76.3 Å². The summed E-state index contributed by atoms with van der Waals surface area (Å²) in [5, 5.41) is 28.3. The fourth-order valence-electron chi connectivity index (χ4n) is 10.4. The number of nitrogens with one attached hydrogen (secondary N) is 6. The number of fused-ring (bicyclic) bond motifs is 5. The summed E-state index contributed by atoms with van der Waals surface area (Å²) in [5.41, 5.74) is 3.12. The minimum atomic E-state index is -1.94. The van der Waals surface area contributed by atoms with Gasteiger partial charge in [0, 0.05) is 71.0 Å². The lowest BCUT2D eigenvalue weighted by molar-refractivity contribution is -0.158. The van der Waals surface area contributed by atoms with Crippen molar-refractivity contribution in [1.29, 1.82) is 0 Å². The Morgan fingerprint density at radius 1 is 1.00 bits per heavy atom. The number of nitrogens with two attached hydrogens (primary N) is 1. The van der Waals surface area contributed by atoms with Crippen molar-refractivity contribution in [2.24, 2.45) is 17.6 Å². The molecule has 6 rings (SSSR count). The number of anilines is 2. The molecule has 0 spiro atoms. The monoisotopic (exact) mass is 1250 g/mol. The Morgan fingerprint density at radius 3 is 2.33 bits per heavy atom. The smallest absolute Gasteiger partial charge is 0.409 e. The van der Waals surface area contributed by atoms with E-state index in [9.17, 15) is 48.3 Å². The number of ether oxygens (including phenoxy) is 5. The van der Waals surface area contributed by atoms with E-state index in [0.717, 1.165) is 33.1 Å². The van der Waals surface area contributed by atoms with Crippen LogP contribution < -0.4 is 47.3 Å². The number of hydrogen-bond donors (Lipinski definition) is 8. The number of aliphatic hydroxyl groups is 1. The number of allylic oxidation sites excluding steroid dienone is 3. The molecule has 4 aliphatic rings. The fraction of sp³-hybridized carbons (Fsp3) is 0.525. The van der Waals surface area contributed by atoms with Gasteiger partial charge in [-0.3, -0.25) is 39.0 Å². The SMILES string of the molecule is COc1cc2cc(c1Cl)N(C)C(=O)C[C@H](OC(=O)[C@H](C)N(C)C(=O)c1ccc(NC(=O)[C@H](CCCNC(N)=O)NC(=O)[C@@H](NC(=S)NCCCCN3C(=O)C=CC3=O)C(C)C)cc1F)[C@]1(C)O[C@H]1[C@H](C)[C@@H]1C[C@@](O)(NC(=O)O1)[C@H](OC)/C=C/C=C(\C)C2. The Balaban J connectivity index is 1.16. The van der Waals surface area contributed by atoms with Crippen LogP contribution in [-0.2, 0) is 54.1 Å². The minimum absolute atomic E-state index is 0.0160. The molecule has 87 heavy (non-hydrogen) atoms. The van der Waals surface area contributed by atoms with Crippen LogP contribution in [-0.4, -0.2) is 175 Å². The lowest BCUT2D eigenvalue weighted by Crippen LogP contribution is -2.63. The number of hydrogen-bond acceptors (Lipinski definition) is 16. The molecule has 2 saturated heterocycles. The highest BCUT2D eigenvalue weighted by molar-refractivity contribution is 7.80. The Morgan fingerprint density at radius 2 is 1.69 bits per heavy atom. The first-order chi connectivity index (χ1) is 41.0. The van der Waals surface area contributed by atoms with Crippen LogP contribution in [0.15, 0.2) is 66.3 Å². The molecule has 4 heterocycles. The molecule has 4 bridgehead atoms. The van der Waals surface area contributed by atoms with Gasteiger partial charge in [-0.15, -0.1) is 0 Å². The molecule has 2 aromatic rings. The quantitative estimate of drug-likeness (QED) is 0.0287. The number of benzene rings is 2. The number of unbranched alkanes of at least 4 members (excludes halogenated alkanes) is 1. The molecular weight excluding hydrogens is 1180 g/mol. The summed E-state index contributed by atoms with van der Waals surface area (Å²) in [6.45, 7) is 10.7. The first-order valence-electron chi connectivity index (χ1n) is 28.4. The lowest BCUT2D eigenvalue weighted by Gasteiger charge is -2.42. The molecule has 4 aliphatic heterocycles. The van der Waals surface area contributed by atoms with Gasteiger partial charge >= 0.3 is 18.1 Å². The van der Waals surface area contributed by atoms with Crippen LogP contribution in [0.2, 0.25) is 5.02 Å². The number of esters is 1. The molecule has 0 radical (unpaired) electrons. The first kappa shape index (κ1) is 68.4. The number of methoxy groups -OCH3 is 2. The number of imide groups is 1. The average molecular weight is 1250 g/mol. The van der Waals surface area contributed by atoms with Crippen LogP contribution in [0.3, 0.4) is 0 Å². The van der Waals surface area contributed by atoms with Crippen molar-refractivity contribution >= 4 is 93.8 Å². The largest absolute Gasteiger partial charge is 0.495 e. The maximum absolute atomic E-state index is 16.2. The normalized spacial score (nSPS) is 24.9. The highest BCUT2D eigenvalue weighted by Crippen LogP contribution is 2.49. The van der Waals surface area contributed by atoms with Gasteiger partial charge in [0.15, 0.2) is 10.8 Å². The number of alkyl carbamates (subject to hydrolysis) is 1. The molecule has 9 N–H and O–H groups in total. The Kier molecular flexibility index (Phi) is 23.4. The first-order valence-corrected chi connectivity index (χ1v) is 29.2. The third-order valence-corrected chi connectivity index (χ3v) is 16.4. The number of amides is 9. The fourth-order valence-corrected chi connectivity index (χ4v) is 10.9. The molecule has 0 saturated carbocycles. The maximum Gasteiger partial charge on any atom is 0.409 e. The number of carbonyl (C=O) groups excluding carboxylic acids is 9. The summed E-state index contributed by atoms with van der Waals surface area (Å²) < 4.78 is 45.6. The maximum atomic E-state index is 16.2. The van der Waals surface area contributed by atoms with Crippen LogP contribution in [0.5, 0.6) is 5.75 Å². The van der Waals surface area contributed by atoms with Crippen LogP contribution in [0.1, 0.15) is 96.0 Å². The number of thiocarbonyl (C=S) groups is 1. The van der Waals surface area contributed by atoms with Gasteiger partial charge in [0.1, 0.15) is 58.6 Å². The summed E-state index contributed by atoms with van der Waals surface area (Å²) in [6, 6.07) is 2.27. The molecular formula is C59H78ClFN10O15S. The summed E-state index contributed by atoms with van der Waals surface area (Å²) in [4.78, 5) is 122. The van der Waals surface area contributed by atoms with E-state index in [2.05, 4.69) is 31.9 Å². The molecule has 25 nitrogen and oxygen atoms in total. The van der Waals surface area contributed by atoms with E-state index in [0.29, 0.717) is 25.8 Å². The minimum Gasteiger partial charge on any atom is -0.495 e. The van der Waals surface area contributed by atoms with Crippen molar-refractivity contribution in [2.75, 3.05) is 58.2 Å². The van der Waals surface area contributed by atoms with Gasteiger partial charge < -0.3 is 70.9 Å². The van der Waals surface area contributed by atoms with Crippen molar-refractivity contribution in [1.82, 2.24) is 36.4 Å². The number of halogens is 2. The van der Waals surface area contributed by atoms with E-state index in [1.807, 2.05) is 13.0 Å². The third-order valence-electron chi connectivity index (χ3n) is 15.8. The zero-order valence-corrected chi connectivity index (χ0v) is 51.9. The highest BCUT2D eigenvalue weighted by atomic mass is 35.5. The van der Waals surface area contributed by atoms with E-state index >= 15 is 4.39 Å². The van der Waals surface area contributed by atoms with E-state index in [1.54, 1.807) is 52.0 Å². The molecule has 0 aliphatic carbocycles. The summed E-state index contributed by atoms with van der Waals surface area (Å²) >= 11 is 12.3. The average Bonchev–Trinajstić information content (AvgIpc) is 1.81. The standard InChI is InChI=1S/C59H78ClFN10O15S/c1-31(2)49(67-56(87)64-22-11-12-24-71-45(72)20-21-46(71)73)52(76)66-39(16-14-23-63-55(62)79)51(75)65-36-18-19-37(38(61)28-36)53(77)69(7)34(5)54(78)85-44-29-47(74)70(8)40-26-35(27-41(82-9)48(40)60)25-32(3)15-13-17-43(83-10)59(81)30-42(84-57(80)68-59)33(4)50-58(44,6)86-50/h13,15,17-21,26-28,31,33-34,39,42-44,49-50,81H,11-12,14,16,22-25,29-30H2,1-10H3,(H,65,75)(H,66,76)(H,68,80)(H3,62,63,79)(H2,64,67,87)/b17-13+,32-15+/t33-,34+,39+,42+,43-,44+,49+,50+,58+,59+/m1/s1. The second kappa shape index (κ2) is 29.8. The zero-order valence-electron chi connectivity index (χ0n) is 50.3. The number of primary amides is 1. The number of epoxide rings is 1. The molecule has 28 heteroatoms. The predicted octanol–water partition coefficient (Wildman–Crippen LogP) is 4.03. The van der Waals surface area contributed by atoms with Crippen LogP contribution in [0, 0.1) is 17.7 Å². The topological polar surface area (TPSA) is 331 Å². The Labute approximate surface area is 514 Å². The number of carbonyl (C=O) groups is 9. The van der Waals surface area contributed by atoms with E-state index in [1.165, 1.54) is 58.4 Å². The third kappa shape index (κ3) is 17.3. The lowest BCUT2D eigenvalue weighted by atomic mass is 9.83. The van der Waals surface area contributed by atoms with Crippen molar-refractivity contribution in [3.05, 3.63) is 88.3 Å². The van der Waals surface area contributed by atoms with Gasteiger partial charge in [0.2, 0.25) is 17.7 Å². The molecule has 474 valence electrons. The van der Waals surface area contributed by atoms with Crippen LogP contribution in [0.25, 0.3) is 0 Å². The van der Waals surface area contributed by atoms with Gasteiger partial charge in [-0.2, -0.15) is 0 Å². The van der Waals surface area contributed by atoms with Crippen molar-refractivity contribution in [3.63, 3.8) is 0 Å². The van der Waals surface area contributed by atoms with E-state index in [4.69, 9.17) is 53.2 Å². The molecule has 2 aromatic carbocycles. The summed E-state index contributed by atoms with van der Waals surface area (Å²) in [6.07, 6.45) is 3.29. The second-order valence-electron chi connectivity index (χ2n) is 22.5. The van der Waals surface area contributed by atoms with Gasteiger partial charge in [0.25, 0.3) is 17.7 Å². The summed E-state index contributed by atoms with van der Waals surface area (Å²) in [7, 11) is 5.56. The number of urea groups is 1. The molecule has 9 amide bonds. The Bertz CT molecular complexity index is 3060. The van der Waals surface area contributed by atoms with Gasteiger partial charge in [-0.1, -0.05) is 56.2 Å². The van der Waals surface area contributed by atoms with Crippen LogP contribution >= 0.6 is 23.8 Å². The van der Waals surface area contributed by atoms with E-state index < -0.39 is 119 Å². The number of rotatable bonds is 21. The molecule has 2 fully saturated rings. The molecule has 0 aromatic heterocycles. The van der Waals surface area contributed by atoms with Crippen LogP contribution in [0.4, 0.5) is 25.4 Å². The zero-order chi connectivity index (χ0) is 64.2. The number of likely N-dealkylation sites (N-methyl/N-ethyl adjacent to an activating group) is 1. The van der Waals surface area contributed by atoms with Gasteiger partial charge in [-0.25, -0.2) is 18.8 Å². The highest BCUT2D eigenvalue weighted by Gasteiger charge is 2.64. The predicted molar refractivity (Wildman–Crippen MR) is 322 cm³/mol. The van der Waals surface area contributed by atoms with Gasteiger partial charge in [0.05, 0.1) is 30.9 Å². The van der Waals surface area contributed by atoms with Gasteiger partial charge in [-0.05, 0) is 107 Å². The number of nitrogens with zero attached hydrogens (tertiary/aromatic N) is 3. The second-order valence-corrected chi connectivity index (χ2v) is 23.3. The summed E-state index contributed by atoms with van der Waals surface area (Å²) in [5.74, 6) is -6.55. The molecule has 0 unspecified atom stereocenters. The van der Waals surface area contributed by atoms with Crippen molar-refractivity contribution in [2.45, 2.75) is 140 Å². The Hall–Kier alpha value is -7.72. The van der Waals surface area contributed by atoms with E-state index in [-0.39, 0.29) is 77.3 Å². The van der Waals surface area contributed by atoms with Crippen molar-refractivity contribution in [3.8, 4) is 5.75 Å².